The summed E-state index contributed by atoms with van der Waals surface area (Å²) in [5, 5.41) is 7.95. The molecular formula is C17H20ClN3O3S. The van der Waals surface area contributed by atoms with Gasteiger partial charge in [-0.05, 0) is 38.0 Å². The van der Waals surface area contributed by atoms with Gasteiger partial charge in [-0.3, -0.25) is 9.48 Å². The topological polar surface area (TPSA) is 81.1 Å². The van der Waals surface area contributed by atoms with Crippen molar-refractivity contribution in [2.75, 3.05) is 11.5 Å². The second kappa shape index (κ2) is 6.80. The van der Waals surface area contributed by atoms with Crippen LogP contribution in [0.1, 0.15) is 39.8 Å². The van der Waals surface area contributed by atoms with Gasteiger partial charge in [0.05, 0.1) is 28.8 Å². The Kier molecular flexibility index (Phi) is 4.88. The smallest absolute Gasteiger partial charge is 0.255 e. The van der Waals surface area contributed by atoms with Crippen LogP contribution >= 0.6 is 11.6 Å². The molecule has 3 rings (SSSR count). The van der Waals surface area contributed by atoms with E-state index in [1.165, 1.54) is 0 Å². The molecule has 1 aromatic heterocycles. The van der Waals surface area contributed by atoms with Gasteiger partial charge in [-0.25, -0.2) is 8.42 Å². The average Bonchev–Trinajstić information content (AvgIpc) is 3.05. The van der Waals surface area contributed by atoms with Crippen LogP contribution < -0.4 is 5.32 Å². The minimum atomic E-state index is -3.01. The van der Waals surface area contributed by atoms with Gasteiger partial charge in [-0.1, -0.05) is 23.7 Å². The number of carbonyl (C=O) groups is 1. The largest absolute Gasteiger partial charge is 0.348 e. The lowest BCUT2D eigenvalue weighted by molar-refractivity contribution is 0.0949. The number of hydrogen-bond donors (Lipinski definition) is 1. The van der Waals surface area contributed by atoms with E-state index >= 15 is 0 Å². The number of benzene rings is 1. The second-order valence-electron chi connectivity index (χ2n) is 6.36. The highest BCUT2D eigenvalue weighted by molar-refractivity contribution is 7.91. The molecule has 1 amide bonds. The Hall–Kier alpha value is -1.86. The number of nitrogens with zero attached hydrogens (tertiary/aromatic N) is 2. The third kappa shape index (κ3) is 3.88. The van der Waals surface area contributed by atoms with Crippen LogP contribution in [0, 0.1) is 13.8 Å². The van der Waals surface area contributed by atoms with Crippen molar-refractivity contribution in [2.45, 2.75) is 32.9 Å². The molecule has 8 heteroatoms. The van der Waals surface area contributed by atoms with E-state index in [4.69, 9.17) is 11.6 Å². The van der Waals surface area contributed by atoms with Crippen molar-refractivity contribution in [3.05, 3.63) is 51.8 Å². The van der Waals surface area contributed by atoms with Crippen LogP contribution in [0.4, 0.5) is 0 Å². The van der Waals surface area contributed by atoms with E-state index in [1.54, 1.807) is 23.7 Å². The standard InChI is InChI=1S/C17H20ClN3O3S/c1-11-16(17(22)19-9-13-3-5-14(18)6-4-13)12(2)21(20-11)15-7-8-25(23,24)10-15/h3-6,15H,7-10H2,1-2H3,(H,19,22)/t15-/m1/s1. The fourth-order valence-corrected chi connectivity index (χ4v) is 5.01. The molecule has 2 heterocycles. The molecule has 0 aliphatic carbocycles. The summed E-state index contributed by atoms with van der Waals surface area (Å²) in [6, 6.07) is 7.07. The quantitative estimate of drug-likeness (QED) is 0.881. The highest BCUT2D eigenvalue weighted by Gasteiger charge is 2.32. The lowest BCUT2D eigenvalue weighted by Crippen LogP contribution is -2.24. The molecule has 0 radical (unpaired) electrons. The first kappa shape index (κ1) is 17.9. The van der Waals surface area contributed by atoms with Crippen LogP contribution in [0.5, 0.6) is 0 Å². The van der Waals surface area contributed by atoms with Gasteiger partial charge in [0.1, 0.15) is 0 Å². The summed E-state index contributed by atoms with van der Waals surface area (Å²) in [6.45, 7) is 3.96. The van der Waals surface area contributed by atoms with Crippen LogP contribution in [-0.4, -0.2) is 35.6 Å². The molecule has 1 saturated heterocycles. The van der Waals surface area contributed by atoms with Gasteiger partial charge in [0, 0.05) is 17.3 Å². The fourth-order valence-electron chi connectivity index (χ4n) is 3.19. The summed E-state index contributed by atoms with van der Waals surface area (Å²) in [5.41, 5.74) is 2.77. The van der Waals surface area contributed by atoms with Gasteiger partial charge in [0.15, 0.2) is 9.84 Å². The van der Waals surface area contributed by atoms with Crippen molar-refractivity contribution in [3.8, 4) is 0 Å². The molecule has 1 N–H and O–H groups in total. The summed E-state index contributed by atoms with van der Waals surface area (Å²) in [4.78, 5) is 12.6. The number of aryl methyl sites for hydroxylation is 1. The van der Waals surface area contributed by atoms with Crippen molar-refractivity contribution in [1.82, 2.24) is 15.1 Å². The molecule has 1 atom stereocenters. The molecule has 2 aromatic rings. The van der Waals surface area contributed by atoms with Crippen molar-refractivity contribution >= 4 is 27.3 Å². The maximum Gasteiger partial charge on any atom is 0.255 e. The second-order valence-corrected chi connectivity index (χ2v) is 9.02. The van der Waals surface area contributed by atoms with Gasteiger partial charge in [0.2, 0.25) is 0 Å². The number of amides is 1. The number of hydrogen-bond acceptors (Lipinski definition) is 4. The van der Waals surface area contributed by atoms with E-state index in [-0.39, 0.29) is 23.5 Å². The van der Waals surface area contributed by atoms with E-state index in [1.807, 2.05) is 19.1 Å². The van der Waals surface area contributed by atoms with Gasteiger partial charge in [0.25, 0.3) is 5.91 Å². The molecular weight excluding hydrogens is 362 g/mol. The van der Waals surface area contributed by atoms with Crippen LogP contribution in [0.25, 0.3) is 0 Å². The number of aromatic nitrogens is 2. The number of carbonyl (C=O) groups excluding carboxylic acids is 1. The average molecular weight is 382 g/mol. The molecule has 1 aromatic carbocycles. The van der Waals surface area contributed by atoms with Crippen LogP contribution in [0.15, 0.2) is 24.3 Å². The summed E-state index contributed by atoms with van der Waals surface area (Å²) in [5.74, 6) is 0.0478. The number of rotatable bonds is 4. The van der Waals surface area contributed by atoms with E-state index in [0.717, 1.165) is 5.56 Å². The Bertz CT molecular complexity index is 904. The predicted octanol–water partition coefficient (Wildman–Crippen LogP) is 2.44. The summed E-state index contributed by atoms with van der Waals surface area (Å²) in [7, 11) is -3.01. The highest BCUT2D eigenvalue weighted by Crippen LogP contribution is 2.26. The molecule has 0 unspecified atom stereocenters. The van der Waals surface area contributed by atoms with Crippen LogP contribution in [0.2, 0.25) is 5.02 Å². The molecule has 1 aliphatic rings. The number of halogens is 1. The lowest BCUT2D eigenvalue weighted by atomic mass is 10.1. The zero-order valence-corrected chi connectivity index (χ0v) is 15.7. The Labute approximate surface area is 152 Å². The normalized spacial score (nSPS) is 19.1. The van der Waals surface area contributed by atoms with Crippen molar-refractivity contribution in [1.29, 1.82) is 0 Å². The molecule has 0 spiro atoms. The van der Waals surface area contributed by atoms with E-state index < -0.39 is 9.84 Å². The Balaban J connectivity index is 1.75. The van der Waals surface area contributed by atoms with Crippen LogP contribution in [0.3, 0.4) is 0 Å². The van der Waals surface area contributed by atoms with Gasteiger partial charge < -0.3 is 5.32 Å². The van der Waals surface area contributed by atoms with E-state index in [2.05, 4.69) is 10.4 Å². The minimum absolute atomic E-state index is 0.0841. The van der Waals surface area contributed by atoms with Crippen molar-refractivity contribution in [3.63, 3.8) is 0 Å². The van der Waals surface area contributed by atoms with Crippen molar-refractivity contribution in [2.24, 2.45) is 0 Å². The summed E-state index contributed by atoms with van der Waals surface area (Å²) >= 11 is 5.86. The van der Waals surface area contributed by atoms with Crippen molar-refractivity contribution < 1.29 is 13.2 Å². The highest BCUT2D eigenvalue weighted by atomic mass is 35.5. The molecule has 134 valence electrons. The Morgan fingerprint density at radius 2 is 2.00 bits per heavy atom. The Morgan fingerprint density at radius 1 is 1.32 bits per heavy atom. The van der Waals surface area contributed by atoms with Gasteiger partial charge in [-0.2, -0.15) is 5.10 Å². The first-order valence-electron chi connectivity index (χ1n) is 8.05. The van der Waals surface area contributed by atoms with Crippen LogP contribution in [-0.2, 0) is 16.4 Å². The Morgan fingerprint density at radius 3 is 2.60 bits per heavy atom. The monoisotopic (exact) mass is 381 g/mol. The summed E-state index contributed by atoms with van der Waals surface area (Å²) in [6.07, 6.45) is 0.538. The molecule has 1 fully saturated rings. The SMILES string of the molecule is Cc1nn([C@@H]2CCS(=O)(=O)C2)c(C)c1C(=O)NCc1ccc(Cl)cc1. The fraction of sp³-hybridized carbons (Fsp3) is 0.412. The third-order valence-corrected chi connectivity index (χ3v) is 6.47. The third-order valence-electron chi connectivity index (χ3n) is 4.47. The lowest BCUT2D eigenvalue weighted by Gasteiger charge is -2.11. The molecule has 6 nitrogen and oxygen atoms in total. The predicted molar refractivity (Wildman–Crippen MR) is 96.6 cm³/mol. The molecule has 0 saturated carbocycles. The first-order valence-corrected chi connectivity index (χ1v) is 10.3. The first-order chi connectivity index (χ1) is 11.8. The zero-order valence-electron chi connectivity index (χ0n) is 14.1. The summed E-state index contributed by atoms with van der Waals surface area (Å²) < 4.78 is 25.1. The number of nitrogens with one attached hydrogen (secondary N) is 1. The molecule has 25 heavy (non-hydrogen) atoms. The van der Waals surface area contributed by atoms with Gasteiger partial charge in [-0.15, -0.1) is 0 Å². The maximum atomic E-state index is 12.6. The molecule has 1 aliphatic heterocycles. The van der Waals surface area contributed by atoms with E-state index in [9.17, 15) is 13.2 Å². The van der Waals surface area contributed by atoms with Gasteiger partial charge >= 0.3 is 0 Å². The van der Waals surface area contributed by atoms with E-state index in [0.29, 0.717) is 34.9 Å². The maximum absolute atomic E-state index is 12.6. The zero-order chi connectivity index (χ0) is 18.2. The minimum Gasteiger partial charge on any atom is -0.348 e. The number of sulfone groups is 1. The molecule has 0 bridgehead atoms.